The van der Waals surface area contributed by atoms with E-state index in [9.17, 15) is 61.0 Å². The van der Waals surface area contributed by atoms with Crippen molar-refractivity contribution < 1.29 is 89.4 Å². The van der Waals surface area contributed by atoms with Crippen molar-refractivity contribution in [2.24, 2.45) is 0 Å². The standard InChI is InChI=1S/C59H103NO18/c1-3-5-7-9-11-13-15-17-19-20-21-22-23-25-27-29-31-33-35-37-47(65)60-42(43(64)36-34-32-30-28-26-24-18-16-14-12-10-8-6-4-2)41-73-57-53(71)50(68)55(45(39-62)75-57)78-59-54(72)51(69)56(46(40-63)76-59)77-58-52(70)49(67)48(66)44(38-61)74-58/h5,7,11,13,17,19,21-22,25,27,42-46,48-59,61-64,66-72H,3-4,6,8-10,12,14-16,18,20,23-24,26,28-41H2,1-2H3,(H,60,65)/b7-5-,13-11-,19-17-,22-21-,27-25-. The summed E-state index contributed by atoms with van der Waals surface area (Å²) in [6.45, 7) is 1.63. The third-order valence-corrected chi connectivity index (χ3v) is 14.6. The van der Waals surface area contributed by atoms with Crippen LogP contribution < -0.4 is 5.32 Å². The van der Waals surface area contributed by atoms with Crippen LogP contribution in [0.3, 0.4) is 0 Å². The van der Waals surface area contributed by atoms with Gasteiger partial charge < -0.3 is 89.9 Å². The van der Waals surface area contributed by atoms with Crippen LogP contribution in [0.2, 0.25) is 0 Å². The van der Waals surface area contributed by atoms with Crippen molar-refractivity contribution in [3.63, 3.8) is 0 Å². The van der Waals surface area contributed by atoms with E-state index < -0.39 is 124 Å². The first-order valence-corrected chi connectivity index (χ1v) is 29.5. The van der Waals surface area contributed by atoms with Gasteiger partial charge in [-0.25, -0.2) is 0 Å². The van der Waals surface area contributed by atoms with Gasteiger partial charge in [-0.2, -0.15) is 0 Å². The topological polar surface area (TPSA) is 307 Å². The molecule has 0 saturated carbocycles. The molecular weight excluding hydrogens is 1010 g/mol. The van der Waals surface area contributed by atoms with Crippen molar-refractivity contribution in [3.8, 4) is 0 Å². The number of carbonyl (C=O) groups is 1. The van der Waals surface area contributed by atoms with Gasteiger partial charge in [0.25, 0.3) is 0 Å². The molecular formula is C59H103NO18. The minimum absolute atomic E-state index is 0.224. The van der Waals surface area contributed by atoms with E-state index in [4.69, 9.17) is 28.4 Å². The van der Waals surface area contributed by atoms with Crippen LogP contribution in [0.1, 0.15) is 174 Å². The highest BCUT2D eigenvalue weighted by Gasteiger charge is 2.53. The maximum Gasteiger partial charge on any atom is 0.220 e. The summed E-state index contributed by atoms with van der Waals surface area (Å²) in [5, 5.41) is 120. The van der Waals surface area contributed by atoms with E-state index >= 15 is 0 Å². The molecule has 19 heteroatoms. The number of ether oxygens (including phenoxy) is 6. The second kappa shape index (κ2) is 42.3. The molecule has 3 heterocycles. The lowest BCUT2D eigenvalue weighted by atomic mass is 9.96. The fourth-order valence-electron chi connectivity index (χ4n) is 9.75. The SMILES string of the molecule is CC/C=C\C/C=C\C/C=C\C/C=C\C/C=C\CCCCCC(=O)NC(COC1OC(CO)C(OC2OC(CO)C(OC3OC(CO)C(O)C(O)C3O)C(O)C2O)C(O)C1O)C(O)CCCCCCCCCCCCCCCC. The predicted molar refractivity (Wildman–Crippen MR) is 295 cm³/mol. The fourth-order valence-corrected chi connectivity index (χ4v) is 9.75. The Morgan fingerprint density at radius 1 is 0.474 bits per heavy atom. The van der Waals surface area contributed by atoms with Gasteiger partial charge in [-0.3, -0.25) is 4.79 Å². The lowest BCUT2D eigenvalue weighted by Gasteiger charge is -2.48. The van der Waals surface area contributed by atoms with Gasteiger partial charge in [-0.15, -0.1) is 0 Å². The van der Waals surface area contributed by atoms with E-state index in [0.717, 1.165) is 77.0 Å². The highest BCUT2D eigenvalue weighted by atomic mass is 16.8. The average Bonchev–Trinajstić information content (AvgIpc) is 3.45. The third kappa shape index (κ3) is 26.2. The predicted octanol–water partition coefficient (Wildman–Crippen LogP) is 4.87. The molecule has 0 aromatic rings. The van der Waals surface area contributed by atoms with Crippen LogP contribution in [0.4, 0.5) is 0 Å². The number of aliphatic hydroxyl groups is 11. The summed E-state index contributed by atoms with van der Waals surface area (Å²) < 4.78 is 34.3. The Hall–Kier alpha value is -2.51. The average molecular weight is 1110 g/mol. The van der Waals surface area contributed by atoms with E-state index in [2.05, 4.69) is 79.9 Å². The number of nitrogens with one attached hydrogen (secondary N) is 1. The quantitative estimate of drug-likeness (QED) is 0.0287. The Labute approximate surface area is 465 Å². The zero-order chi connectivity index (χ0) is 56.9. The van der Waals surface area contributed by atoms with Crippen LogP contribution in [0.5, 0.6) is 0 Å². The molecule has 78 heavy (non-hydrogen) atoms. The molecule has 1 amide bonds. The molecule has 0 aromatic carbocycles. The van der Waals surface area contributed by atoms with Crippen molar-refractivity contribution >= 4 is 5.91 Å². The number of carbonyl (C=O) groups excluding carboxylic acids is 1. The third-order valence-electron chi connectivity index (χ3n) is 14.6. The van der Waals surface area contributed by atoms with Crippen molar-refractivity contribution in [3.05, 3.63) is 60.8 Å². The van der Waals surface area contributed by atoms with E-state index in [-0.39, 0.29) is 18.9 Å². The number of hydrogen-bond donors (Lipinski definition) is 12. The first kappa shape index (κ1) is 69.8. The van der Waals surface area contributed by atoms with Crippen LogP contribution in [-0.2, 0) is 33.2 Å². The molecule has 0 bridgehead atoms. The largest absolute Gasteiger partial charge is 0.394 e. The molecule has 3 saturated heterocycles. The van der Waals surface area contributed by atoms with Gasteiger partial charge in [0, 0.05) is 6.42 Å². The molecule has 3 aliphatic rings. The summed E-state index contributed by atoms with van der Waals surface area (Å²) >= 11 is 0. The minimum Gasteiger partial charge on any atom is -0.394 e. The van der Waals surface area contributed by atoms with Gasteiger partial charge in [0.05, 0.1) is 38.6 Å². The molecule has 452 valence electrons. The lowest BCUT2D eigenvalue weighted by molar-refractivity contribution is -0.379. The molecule has 0 spiro atoms. The van der Waals surface area contributed by atoms with Crippen molar-refractivity contribution in [1.29, 1.82) is 0 Å². The molecule has 3 aliphatic heterocycles. The van der Waals surface area contributed by atoms with Gasteiger partial charge in [-0.05, 0) is 57.8 Å². The Morgan fingerprint density at radius 2 is 0.885 bits per heavy atom. The van der Waals surface area contributed by atoms with E-state index in [1.807, 2.05) is 0 Å². The van der Waals surface area contributed by atoms with Gasteiger partial charge in [0.2, 0.25) is 5.91 Å². The van der Waals surface area contributed by atoms with E-state index in [0.29, 0.717) is 12.8 Å². The van der Waals surface area contributed by atoms with Crippen LogP contribution in [-0.4, -0.2) is 193 Å². The molecule has 12 N–H and O–H groups in total. The molecule has 19 nitrogen and oxygen atoms in total. The van der Waals surface area contributed by atoms with Crippen LogP contribution in [0, 0.1) is 0 Å². The number of amides is 1. The number of allylic oxidation sites excluding steroid dienone is 10. The molecule has 3 fully saturated rings. The molecule has 3 rings (SSSR count). The Bertz CT molecular complexity index is 1660. The van der Waals surface area contributed by atoms with Gasteiger partial charge in [0.15, 0.2) is 18.9 Å². The minimum atomic E-state index is -1.98. The molecule has 17 atom stereocenters. The molecule has 0 radical (unpaired) electrons. The summed E-state index contributed by atoms with van der Waals surface area (Å²) in [6.07, 6.45) is 20.2. The number of rotatable bonds is 42. The number of unbranched alkanes of at least 4 members (excludes halogenated alkanes) is 16. The Balaban J connectivity index is 1.51. The zero-order valence-corrected chi connectivity index (χ0v) is 46.9. The van der Waals surface area contributed by atoms with Crippen molar-refractivity contribution in [2.75, 3.05) is 26.4 Å². The maximum absolute atomic E-state index is 13.3. The van der Waals surface area contributed by atoms with Crippen LogP contribution >= 0.6 is 0 Å². The fraction of sp³-hybridized carbons (Fsp3) is 0.814. The second-order valence-electron chi connectivity index (χ2n) is 21.1. The van der Waals surface area contributed by atoms with Crippen molar-refractivity contribution in [1.82, 2.24) is 5.32 Å². The summed E-state index contributed by atoms with van der Waals surface area (Å²) in [5.41, 5.74) is 0. The van der Waals surface area contributed by atoms with Crippen LogP contribution in [0.15, 0.2) is 60.8 Å². The summed E-state index contributed by atoms with van der Waals surface area (Å²) in [5.74, 6) is -0.277. The highest BCUT2D eigenvalue weighted by molar-refractivity contribution is 5.76. The van der Waals surface area contributed by atoms with Gasteiger partial charge in [-0.1, -0.05) is 171 Å². The first-order chi connectivity index (χ1) is 37.8. The normalized spacial score (nSPS) is 30.9. The monoisotopic (exact) mass is 1110 g/mol. The van der Waals surface area contributed by atoms with Gasteiger partial charge in [0.1, 0.15) is 73.2 Å². The second-order valence-corrected chi connectivity index (χ2v) is 21.1. The van der Waals surface area contributed by atoms with Crippen molar-refractivity contribution in [2.45, 2.75) is 279 Å². The zero-order valence-electron chi connectivity index (χ0n) is 46.9. The first-order valence-electron chi connectivity index (χ1n) is 29.5. The molecule has 0 aromatic heterocycles. The van der Waals surface area contributed by atoms with E-state index in [1.165, 1.54) is 64.2 Å². The number of hydrogen-bond acceptors (Lipinski definition) is 18. The maximum atomic E-state index is 13.3. The lowest BCUT2D eigenvalue weighted by Crippen LogP contribution is -2.66. The Kier molecular flexibility index (Phi) is 37.9. The van der Waals surface area contributed by atoms with Gasteiger partial charge >= 0.3 is 0 Å². The highest BCUT2D eigenvalue weighted by Crippen LogP contribution is 2.33. The summed E-state index contributed by atoms with van der Waals surface area (Å²) in [4.78, 5) is 13.3. The Morgan fingerprint density at radius 3 is 1.37 bits per heavy atom. The van der Waals surface area contributed by atoms with E-state index in [1.54, 1.807) is 0 Å². The summed E-state index contributed by atoms with van der Waals surface area (Å²) in [7, 11) is 0. The smallest absolute Gasteiger partial charge is 0.220 e. The summed E-state index contributed by atoms with van der Waals surface area (Å²) in [6, 6.07) is -0.906. The molecule has 0 aliphatic carbocycles. The van der Waals surface area contributed by atoms with Crippen LogP contribution in [0.25, 0.3) is 0 Å². The molecule has 17 unspecified atom stereocenters. The number of aliphatic hydroxyl groups excluding tert-OH is 11.